The van der Waals surface area contributed by atoms with Gasteiger partial charge in [-0.2, -0.15) is 18.3 Å². The van der Waals surface area contributed by atoms with Crippen molar-refractivity contribution in [2.45, 2.75) is 12.8 Å². The van der Waals surface area contributed by atoms with Crippen molar-refractivity contribution in [2.24, 2.45) is 10.9 Å². The van der Waals surface area contributed by atoms with Crippen molar-refractivity contribution in [3.63, 3.8) is 0 Å². The molecule has 2 aromatic carbocycles. The molecule has 0 aromatic heterocycles. The Morgan fingerprint density at radius 3 is 2.61 bits per heavy atom. The highest BCUT2D eigenvalue weighted by molar-refractivity contribution is 5.80. The van der Waals surface area contributed by atoms with Crippen molar-refractivity contribution in [1.29, 1.82) is 0 Å². The van der Waals surface area contributed by atoms with Gasteiger partial charge in [-0.25, -0.2) is 0 Å². The summed E-state index contributed by atoms with van der Waals surface area (Å²) in [5, 5.41) is 3.43. The van der Waals surface area contributed by atoms with E-state index in [-0.39, 0.29) is 12.4 Å². The molecule has 0 saturated heterocycles. The average molecular weight is 324 g/mol. The van der Waals surface area contributed by atoms with Gasteiger partial charge in [0.25, 0.3) is 0 Å². The van der Waals surface area contributed by atoms with E-state index in [4.69, 9.17) is 15.3 Å². The molecule has 2 aromatic rings. The highest BCUT2D eigenvalue weighted by atomic mass is 19.4. The first-order valence-corrected chi connectivity index (χ1v) is 6.64. The smallest absolute Gasteiger partial charge is 0.416 e. The normalized spacial score (nSPS) is 11.7. The third-order valence-corrected chi connectivity index (χ3v) is 3.08. The van der Waals surface area contributed by atoms with Crippen molar-refractivity contribution < 1.29 is 22.6 Å². The minimum Gasteiger partial charge on any atom is -0.496 e. The molecular weight excluding hydrogens is 309 g/mol. The number of benzene rings is 2. The molecule has 2 N–H and O–H groups in total. The van der Waals surface area contributed by atoms with Crippen LogP contribution < -0.4 is 15.3 Å². The molecule has 0 heterocycles. The first kappa shape index (κ1) is 16.7. The summed E-state index contributed by atoms with van der Waals surface area (Å²) in [5.41, 5.74) is 0.643. The Labute approximate surface area is 131 Å². The number of hydrogen-bond donors (Lipinski definition) is 1. The monoisotopic (exact) mass is 324 g/mol. The van der Waals surface area contributed by atoms with Crippen LogP contribution in [0.2, 0.25) is 0 Å². The maximum atomic E-state index is 12.7. The van der Waals surface area contributed by atoms with Gasteiger partial charge in [-0.3, -0.25) is 0 Å². The quantitative estimate of drug-likeness (QED) is 0.519. The van der Waals surface area contributed by atoms with Gasteiger partial charge >= 0.3 is 6.18 Å². The van der Waals surface area contributed by atoms with E-state index in [0.717, 1.165) is 17.7 Å². The minimum atomic E-state index is -4.41. The molecule has 0 atom stereocenters. The molecule has 0 aliphatic rings. The predicted octanol–water partition coefficient (Wildman–Crippen LogP) is 3.59. The molecular formula is C16H15F3N2O2. The number of hydrazone groups is 1. The Morgan fingerprint density at radius 2 is 1.96 bits per heavy atom. The van der Waals surface area contributed by atoms with E-state index >= 15 is 0 Å². The number of alkyl halides is 3. The van der Waals surface area contributed by atoms with E-state index in [2.05, 4.69) is 5.10 Å². The highest BCUT2D eigenvalue weighted by Gasteiger charge is 2.30. The summed E-state index contributed by atoms with van der Waals surface area (Å²) in [6, 6.07) is 9.91. The molecule has 0 aliphatic heterocycles. The predicted molar refractivity (Wildman–Crippen MR) is 80.6 cm³/mol. The molecule has 4 nitrogen and oxygen atoms in total. The summed E-state index contributed by atoms with van der Waals surface area (Å²) in [6.45, 7) is 0.0523. The van der Waals surface area contributed by atoms with Crippen LogP contribution in [0.3, 0.4) is 0 Å². The molecule has 0 aliphatic carbocycles. The number of nitrogens with zero attached hydrogens (tertiary/aromatic N) is 1. The van der Waals surface area contributed by atoms with Gasteiger partial charge < -0.3 is 15.3 Å². The molecule has 0 spiro atoms. The minimum absolute atomic E-state index is 0.0523. The summed E-state index contributed by atoms with van der Waals surface area (Å²) in [7, 11) is 1.50. The molecule has 2 rings (SSSR count). The van der Waals surface area contributed by atoms with Crippen LogP contribution in [-0.4, -0.2) is 13.3 Å². The van der Waals surface area contributed by atoms with Crippen LogP contribution in [-0.2, 0) is 12.8 Å². The van der Waals surface area contributed by atoms with E-state index in [1.165, 1.54) is 25.5 Å². The lowest BCUT2D eigenvalue weighted by molar-refractivity contribution is -0.137. The van der Waals surface area contributed by atoms with Gasteiger partial charge in [-0.05, 0) is 42.0 Å². The van der Waals surface area contributed by atoms with Crippen LogP contribution in [0.4, 0.5) is 13.2 Å². The van der Waals surface area contributed by atoms with Gasteiger partial charge in [0.05, 0.1) is 18.9 Å². The Morgan fingerprint density at radius 1 is 1.17 bits per heavy atom. The first-order chi connectivity index (χ1) is 10.9. The van der Waals surface area contributed by atoms with Crippen molar-refractivity contribution in [3.8, 4) is 11.5 Å². The summed E-state index contributed by atoms with van der Waals surface area (Å²) in [4.78, 5) is 0. The summed E-state index contributed by atoms with van der Waals surface area (Å²) >= 11 is 0. The lowest BCUT2D eigenvalue weighted by Crippen LogP contribution is -2.05. The standard InChI is InChI=1S/C16H15F3N2O2/c1-22-15-6-5-11(9-21-20)7-12(15)10-23-14-4-2-3-13(8-14)16(17,18)19/h2-9H,10,20H2,1H3. The van der Waals surface area contributed by atoms with E-state index in [1.54, 1.807) is 18.2 Å². The highest BCUT2D eigenvalue weighted by Crippen LogP contribution is 2.31. The van der Waals surface area contributed by atoms with Gasteiger partial charge in [0.1, 0.15) is 18.1 Å². The van der Waals surface area contributed by atoms with Gasteiger partial charge in [0.15, 0.2) is 0 Å². The second kappa shape index (κ2) is 7.04. The Bertz CT molecular complexity index is 700. The van der Waals surface area contributed by atoms with Gasteiger partial charge in [-0.1, -0.05) is 6.07 Å². The van der Waals surface area contributed by atoms with Crippen molar-refractivity contribution >= 4 is 6.21 Å². The van der Waals surface area contributed by atoms with E-state index in [0.29, 0.717) is 11.3 Å². The number of halogens is 3. The van der Waals surface area contributed by atoms with Gasteiger partial charge in [-0.15, -0.1) is 0 Å². The lowest BCUT2D eigenvalue weighted by atomic mass is 10.1. The average Bonchev–Trinajstić information content (AvgIpc) is 2.53. The van der Waals surface area contributed by atoms with Crippen molar-refractivity contribution in [3.05, 3.63) is 59.2 Å². The zero-order chi connectivity index (χ0) is 16.9. The summed E-state index contributed by atoms with van der Waals surface area (Å²) in [6.07, 6.45) is -2.96. The van der Waals surface area contributed by atoms with Gasteiger partial charge in [0, 0.05) is 5.56 Å². The number of nitrogens with two attached hydrogens (primary N) is 1. The molecule has 0 amide bonds. The second-order valence-electron chi connectivity index (χ2n) is 4.66. The van der Waals surface area contributed by atoms with E-state index in [9.17, 15) is 13.2 Å². The zero-order valence-corrected chi connectivity index (χ0v) is 12.3. The maximum Gasteiger partial charge on any atom is 0.416 e. The van der Waals surface area contributed by atoms with Crippen LogP contribution in [0, 0.1) is 0 Å². The SMILES string of the molecule is COc1ccc(C=NN)cc1COc1cccc(C(F)(F)F)c1. The molecule has 0 fully saturated rings. The van der Waals surface area contributed by atoms with Crippen LogP contribution >= 0.6 is 0 Å². The number of methoxy groups -OCH3 is 1. The number of rotatable bonds is 5. The zero-order valence-electron chi connectivity index (χ0n) is 12.3. The van der Waals surface area contributed by atoms with Crippen LogP contribution in [0.25, 0.3) is 0 Å². The van der Waals surface area contributed by atoms with E-state index < -0.39 is 11.7 Å². The van der Waals surface area contributed by atoms with Crippen LogP contribution in [0.5, 0.6) is 11.5 Å². The molecule has 7 heteroatoms. The molecule has 0 unspecified atom stereocenters. The van der Waals surface area contributed by atoms with Crippen LogP contribution in [0.15, 0.2) is 47.6 Å². The largest absolute Gasteiger partial charge is 0.496 e. The third-order valence-electron chi connectivity index (χ3n) is 3.08. The molecule has 23 heavy (non-hydrogen) atoms. The van der Waals surface area contributed by atoms with Crippen molar-refractivity contribution in [1.82, 2.24) is 0 Å². The lowest BCUT2D eigenvalue weighted by Gasteiger charge is -2.12. The fourth-order valence-electron chi connectivity index (χ4n) is 2.00. The maximum absolute atomic E-state index is 12.7. The fraction of sp³-hybridized carbons (Fsp3) is 0.188. The van der Waals surface area contributed by atoms with E-state index in [1.807, 2.05) is 0 Å². The Hall–Kier alpha value is -2.70. The Balaban J connectivity index is 2.19. The van der Waals surface area contributed by atoms with Gasteiger partial charge in [0.2, 0.25) is 0 Å². The topological polar surface area (TPSA) is 56.8 Å². The fourth-order valence-corrected chi connectivity index (χ4v) is 2.00. The molecule has 0 bridgehead atoms. The third kappa shape index (κ3) is 4.38. The first-order valence-electron chi connectivity index (χ1n) is 6.64. The Kier molecular flexibility index (Phi) is 5.10. The number of hydrogen-bond acceptors (Lipinski definition) is 4. The molecule has 122 valence electrons. The van der Waals surface area contributed by atoms with Crippen molar-refractivity contribution in [2.75, 3.05) is 7.11 Å². The summed E-state index contributed by atoms with van der Waals surface area (Å²) in [5.74, 6) is 5.79. The molecule has 0 radical (unpaired) electrons. The number of ether oxygens (including phenoxy) is 2. The van der Waals surface area contributed by atoms with Crippen LogP contribution in [0.1, 0.15) is 16.7 Å². The summed E-state index contributed by atoms with van der Waals surface area (Å²) < 4.78 is 48.7. The molecule has 0 saturated carbocycles. The second-order valence-corrected chi connectivity index (χ2v) is 4.66.